The third-order valence-electron chi connectivity index (χ3n) is 2.86. The monoisotopic (exact) mass is 320 g/mol. The van der Waals surface area contributed by atoms with Gasteiger partial charge in [0, 0.05) is 6.92 Å². The zero-order valence-corrected chi connectivity index (χ0v) is 12.8. The molecule has 0 aliphatic carbocycles. The zero-order chi connectivity index (χ0) is 15.5. The van der Waals surface area contributed by atoms with Crippen molar-refractivity contribution in [3.63, 3.8) is 0 Å². The van der Waals surface area contributed by atoms with Gasteiger partial charge >= 0.3 is 0 Å². The molecule has 1 aromatic carbocycles. The van der Waals surface area contributed by atoms with Gasteiger partial charge in [-0.3, -0.25) is 0 Å². The zero-order valence-electron chi connectivity index (χ0n) is 12.0. The van der Waals surface area contributed by atoms with Crippen LogP contribution in [0.25, 0.3) is 0 Å². The first-order valence-electron chi connectivity index (χ1n) is 6.63. The molecule has 0 saturated carbocycles. The Labute approximate surface area is 130 Å². The van der Waals surface area contributed by atoms with Crippen molar-refractivity contribution in [2.75, 3.05) is 0 Å². The number of hydrogen-bond acceptors (Lipinski definition) is 7. The highest BCUT2D eigenvalue weighted by atomic mass is 32.2. The Morgan fingerprint density at radius 1 is 1.18 bits per heavy atom. The van der Waals surface area contributed by atoms with Crippen LogP contribution in [0.5, 0.6) is 0 Å². The van der Waals surface area contributed by atoms with E-state index < -0.39 is 0 Å². The van der Waals surface area contributed by atoms with Gasteiger partial charge in [-0.15, -0.1) is 20.4 Å². The summed E-state index contributed by atoms with van der Waals surface area (Å²) in [5.74, 6) is 1.17. The lowest BCUT2D eigenvalue weighted by Gasteiger charge is -2.01. The molecule has 3 rings (SSSR count). The number of hydrogen-bond donors (Lipinski definition) is 0. The average molecular weight is 320 g/mol. The van der Waals surface area contributed by atoms with E-state index >= 15 is 0 Å². The third-order valence-corrected chi connectivity index (χ3v) is 3.78. The van der Waals surface area contributed by atoms with Crippen LogP contribution in [0.15, 0.2) is 38.3 Å². The lowest BCUT2D eigenvalue weighted by atomic mass is 10.1. The van der Waals surface area contributed by atoms with E-state index in [1.165, 1.54) is 23.9 Å². The second-order valence-electron chi connectivity index (χ2n) is 4.69. The SMILES string of the molecule is Cc1nnc([C@H](C)Sc2nnc(Cc3cccc(F)c3)o2)o1. The summed E-state index contributed by atoms with van der Waals surface area (Å²) >= 11 is 1.33. The summed E-state index contributed by atoms with van der Waals surface area (Å²) in [6, 6.07) is 6.30. The van der Waals surface area contributed by atoms with Crippen LogP contribution in [0.2, 0.25) is 0 Å². The molecule has 1 atom stereocenters. The van der Waals surface area contributed by atoms with E-state index in [2.05, 4.69) is 20.4 Å². The average Bonchev–Trinajstić information content (AvgIpc) is 3.08. The van der Waals surface area contributed by atoms with Crippen molar-refractivity contribution in [2.45, 2.75) is 30.7 Å². The Hall–Kier alpha value is -2.22. The second kappa shape index (κ2) is 6.27. The van der Waals surface area contributed by atoms with Crippen molar-refractivity contribution in [1.29, 1.82) is 0 Å². The number of nitrogens with zero attached hydrogens (tertiary/aromatic N) is 4. The van der Waals surface area contributed by atoms with Crippen molar-refractivity contribution in [3.05, 3.63) is 53.3 Å². The van der Waals surface area contributed by atoms with Gasteiger partial charge in [0.2, 0.25) is 17.7 Å². The third kappa shape index (κ3) is 3.51. The molecule has 2 aromatic heterocycles. The number of halogens is 1. The molecule has 3 aromatic rings. The number of rotatable bonds is 5. The maximum atomic E-state index is 13.1. The van der Waals surface area contributed by atoms with E-state index in [4.69, 9.17) is 8.83 Å². The molecule has 0 aliphatic heterocycles. The van der Waals surface area contributed by atoms with E-state index in [9.17, 15) is 4.39 Å². The van der Waals surface area contributed by atoms with E-state index in [1.807, 2.05) is 13.0 Å². The fourth-order valence-electron chi connectivity index (χ4n) is 1.86. The Bertz CT molecular complexity index is 774. The molecular weight excluding hydrogens is 307 g/mol. The van der Waals surface area contributed by atoms with Crippen molar-refractivity contribution < 1.29 is 13.2 Å². The topological polar surface area (TPSA) is 77.8 Å². The lowest BCUT2D eigenvalue weighted by Crippen LogP contribution is -1.89. The fourth-order valence-corrected chi connectivity index (χ4v) is 2.59. The van der Waals surface area contributed by atoms with Crippen LogP contribution in [0, 0.1) is 12.7 Å². The normalized spacial score (nSPS) is 12.5. The number of aromatic nitrogens is 4. The molecule has 6 nitrogen and oxygen atoms in total. The number of aryl methyl sites for hydroxylation is 1. The summed E-state index contributed by atoms with van der Waals surface area (Å²) in [6.45, 7) is 3.64. The Balaban J connectivity index is 1.66. The molecule has 0 radical (unpaired) electrons. The van der Waals surface area contributed by atoms with Crippen LogP contribution < -0.4 is 0 Å². The van der Waals surface area contributed by atoms with E-state index in [0.717, 1.165) is 5.56 Å². The first-order chi connectivity index (χ1) is 10.6. The summed E-state index contributed by atoms with van der Waals surface area (Å²) in [7, 11) is 0. The minimum Gasteiger partial charge on any atom is -0.424 e. The Kier molecular flexibility index (Phi) is 4.19. The van der Waals surface area contributed by atoms with Crippen molar-refractivity contribution in [2.24, 2.45) is 0 Å². The van der Waals surface area contributed by atoms with Crippen LogP contribution in [-0.2, 0) is 6.42 Å². The van der Waals surface area contributed by atoms with E-state index in [0.29, 0.717) is 29.3 Å². The molecule has 0 saturated heterocycles. The van der Waals surface area contributed by atoms with E-state index in [1.54, 1.807) is 13.0 Å². The molecule has 0 aliphatic rings. The standard InChI is InChI=1S/C14H13FN4O2S/c1-8(13-18-16-9(2)20-13)22-14-19-17-12(21-14)7-10-4-3-5-11(15)6-10/h3-6,8H,7H2,1-2H3/t8-/m0/s1. The van der Waals surface area contributed by atoms with Gasteiger partial charge in [0.15, 0.2) is 0 Å². The Morgan fingerprint density at radius 3 is 2.77 bits per heavy atom. The predicted molar refractivity (Wildman–Crippen MR) is 76.8 cm³/mol. The van der Waals surface area contributed by atoms with Crippen LogP contribution in [0.4, 0.5) is 4.39 Å². The van der Waals surface area contributed by atoms with Crippen molar-refractivity contribution >= 4 is 11.8 Å². The summed E-state index contributed by atoms with van der Waals surface area (Å²) < 4.78 is 24.1. The van der Waals surface area contributed by atoms with E-state index in [-0.39, 0.29) is 11.1 Å². The van der Waals surface area contributed by atoms with Crippen LogP contribution in [0.1, 0.15) is 35.4 Å². The molecule has 8 heteroatoms. The summed E-state index contributed by atoms with van der Waals surface area (Å²) in [5, 5.41) is 16.0. The highest BCUT2D eigenvalue weighted by Gasteiger charge is 2.18. The smallest absolute Gasteiger partial charge is 0.277 e. The number of thioether (sulfide) groups is 1. The summed E-state index contributed by atoms with van der Waals surface area (Å²) in [4.78, 5) is 0. The quantitative estimate of drug-likeness (QED) is 0.667. The molecular formula is C14H13FN4O2S. The van der Waals surface area contributed by atoms with Gasteiger partial charge in [0.1, 0.15) is 5.82 Å². The van der Waals surface area contributed by atoms with Crippen LogP contribution in [0.3, 0.4) is 0 Å². The fraction of sp³-hybridized carbons (Fsp3) is 0.286. The van der Waals surface area contributed by atoms with Crippen LogP contribution >= 0.6 is 11.8 Å². The minimum atomic E-state index is -0.285. The highest BCUT2D eigenvalue weighted by Crippen LogP contribution is 2.33. The van der Waals surface area contributed by atoms with Gasteiger partial charge in [-0.1, -0.05) is 23.9 Å². The van der Waals surface area contributed by atoms with Crippen molar-refractivity contribution in [3.8, 4) is 0 Å². The molecule has 0 fully saturated rings. The molecule has 0 spiro atoms. The Morgan fingerprint density at radius 2 is 2.05 bits per heavy atom. The molecule has 0 amide bonds. The maximum Gasteiger partial charge on any atom is 0.277 e. The largest absolute Gasteiger partial charge is 0.424 e. The van der Waals surface area contributed by atoms with Crippen LogP contribution in [-0.4, -0.2) is 20.4 Å². The second-order valence-corrected chi connectivity index (χ2v) is 5.98. The first-order valence-corrected chi connectivity index (χ1v) is 7.51. The van der Waals surface area contributed by atoms with Gasteiger partial charge in [0.05, 0.1) is 11.7 Å². The molecule has 114 valence electrons. The summed E-state index contributed by atoms with van der Waals surface area (Å²) in [5.41, 5.74) is 0.778. The predicted octanol–water partition coefficient (Wildman–Crippen LogP) is 3.34. The minimum absolute atomic E-state index is 0.0938. The number of benzene rings is 1. The van der Waals surface area contributed by atoms with Gasteiger partial charge in [-0.25, -0.2) is 4.39 Å². The van der Waals surface area contributed by atoms with Gasteiger partial charge in [0.25, 0.3) is 5.22 Å². The molecule has 0 unspecified atom stereocenters. The molecule has 0 bridgehead atoms. The first kappa shape index (κ1) is 14.7. The van der Waals surface area contributed by atoms with Gasteiger partial charge < -0.3 is 8.83 Å². The highest BCUT2D eigenvalue weighted by molar-refractivity contribution is 7.99. The van der Waals surface area contributed by atoms with Crippen molar-refractivity contribution in [1.82, 2.24) is 20.4 Å². The molecule has 0 N–H and O–H groups in total. The molecule has 2 heterocycles. The van der Waals surface area contributed by atoms with Gasteiger partial charge in [-0.2, -0.15) is 0 Å². The summed E-state index contributed by atoms with van der Waals surface area (Å²) in [6.07, 6.45) is 0.388. The lowest BCUT2D eigenvalue weighted by molar-refractivity contribution is 0.417. The van der Waals surface area contributed by atoms with Gasteiger partial charge in [-0.05, 0) is 24.6 Å². The molecule has 22 heavy (non-hydrogen) atoms. The maximum absolute atomic E-state index is 13.1.